The lowest BCUT2D eigenvalue weighted by Crippen LogP contribution is -2.23. The molecule has 17 heavy (non-hydrogen) atoms. The van der Waals surface area contributed by atoms with E-state index in [1.807, 2.05) is 0 Å². The lowest BCUT2D eigenvalue weighted by Gasteiger charge is -2.06. The van der Waals surface area contributed by atoms with Crippen molar-refractivity contribution in [2.75, 3.05) is 0 Å². The van der Waals surface area contributed by atoms with Crippen LogP contribution < -0.4 is 4.72 Å². The smallest absolute Gasteiger partial charge is 0.244 e. The molecule has 2 rings (SSSR count). The van der Waals surface area contributed by atoms with Crippen LogP contribution in [0.15, 0.2) is 40.1 Å². The summed E-state index contributed by atoms with van der Waals surface area (Å²) in [7, 11) is -3.70. The number of hydrogen-bond acceptors (Lipinski definition) is 5. The van der Waals surface area contributed by atoms with Crippen molar-refractivity contribution < 1.29 is 13.5 Å². The first-order valence-corrected chi connectivity index (χ1v) is 7.17. The Morgan fingerprint density at radius 1 is 1.35 bits per heavy atom. The van der Waals surface area contributed by atoms with Crippen molar-refractivity contribution >= 4 is 21.4 Å². The molecule has 0 fully saturated rings. The fraction of sp³-hybridized carbons (Fsp3) is 0.100. The number of benzene rings is 1. The minimum absolute atomic E-state index is 0.111. The molecule has 0 spiro atoms. The minimum atomic E-state index is -3.70. The van der Waals surface area contributed by atoms with E-state index in [0.29, 0.717) is 5.69 Å². The molecule has 2 aromatic rings. The van der Waals surface area contributed by atoms with Crippen LogP contribution in [-0.2, 0) is 16.6 Å². The van der Waals surface area contributed by atoms with Crippen molar-refractivity contribution in [3.05, 3.63) is 40.8 Å². The molecule has 0 atom stereocenters. The summed E-state index contributed by atoms with van der Waals surface area (Å²) in [5, 5.41) is 11.2. The second-order valence-corrected chi connectivity index (χ2v) is 5.73. The Morgan fingerprint density at radius 3 is 2.76 bits per heavy atom. The Kier molecular flexibility index (Phi) is 3.41. The van der Waals surface area contributed by atoms with Gasteiger partial charge >= 0.3 is 0 Å². The van der Waals surface area contributed by atoms with Crippen LogP contribution in [0.5, 0.6) is 5.75 Å². The molecule has 0 saturated heterocycles. The topological polar surface area (TPSA) is 79.3 Å². The van der Waals surface area contributed by atoms with Crippen molar-refractivity contribution in [1.29, 1.82) is 0 Å². The number of nitrogens with zero attached hydrogens (tertiary/aromatic N) is 1. The third-order valence-corrected chi connectivity index (χ3v) is 4.17. The van der Waals surface area contributed by atoms with Crippen molar-refractivity contribution in [3.63, 3.8) is 0 Å². The van der Waals surface area contributed by atoms with Crippen LogP contribution in [0.2, 0.25) is 0 Å². The number of thiazole rings is 1. The van der Waals surface area contributed by atoms with Gasteiger partial charge in [-0.05, 0) is 12.1 Å². The molecule has 0 saturated carbocycles. The largest absolute Gasteiger partial charge is 0.507 e. The molecule has 1 aromatic heterocycles. The summed E-state index contributed by atoms with van der Waals surface area (Å²) >= 11 is 1.39. The lowest BCUT2D eigenvalue weighted by atomic mass is 10.3. The van der Waals surface area contributed by atoms with Crippen LogP contribution in [0.1, 0.15) is 5.69 Å². The molecule has 90 valence electrons. The van der Waals surface area contributed by atoms with Gasteiger partial charge in [0.2, 0.25) is 10.0 Å². The third kappa shape index (κ3) is 2.82. The van der Waals surface area contributed by atoms with Gasteiger partial charge in [0.05, 0.1) is 17.7 Å². The van der Waals surface area contributed by atoms with E-state index < -0.39 is 10.0 Å². The number of aromatic hydroxyl groups is 1. The first-order chi connectivity index (χ1) is 8.09. The van der Waals surface area contributed by atoms with Crippen molar-refractivity contribution in [3.8, 4) is 5.75 Å². The van der Waals surface area contributed by atoms with Crippen LogP contribution in [-0.4, -0.2) is 18.5 Å². The van der Waals surface area contributed by atoms with E-state index in [9.17, 15) is 13.5 Å². The van der Waals surface area contributed by atoms with Crippen molar-refractivity contribution in [1.82, 2.24) is 9.71 Å². The van der Waals surface area contributed by atoms with Crippen LogP contribution >= 0.6 is 11.3 Å². The van der Waals surface area contributed by atoms with Gasteiger partial charge in [-0.2, -0.15) is 0 Å². The Hall–Kier alpha value is -1.44. The van der Waals surface area contributed by atoms with Gasteiger partial charge in [-0.15, -0.1) is 11.3 Å². The summed E-state index contributed by atoms with van der Waals surface area (Å²) in [4.78, 5) is 3.84. The summed E-state index contributed by atoms with van der Waals surface area (Å²) in [6, 6.07) is 5.79. The molecular formula is C10H10N2O3S2. The monoisotopic (exact) mass is 270 g/mol. The Labute approximate surface area is 103 Å². The van der Waals surface area contributed by atoms with Crippen LogP contribution in [0, 0.1) is 0 Å². The fourth-order valence-corrected chi connectivity index (χ4v) is 2.91. The van der Waals surface area contributed by atoms with Crippen LogP contribution in [0.25, 0.3) is 0 Å². The van der Waals surface area contributed by atoms with Crippen molar-refractivity contribution in [2.45, 2.75) is 11.4 Å². The number of phenolic OH excluding ortho intramolecular Hbond substituents is 1. The van der Waals surface area contributed by atoms with Gasteiger partial charge in [0.15, 0.2) is 0 Å². The van der Waals surface area contributed by atoms with Gasteiger partial charge in [0, 0.05) is 5.38 Å². The maximum absolute atomic E-state index is 11.9. The SMILES string of the molecule is O=S(=O)(NCc1cscn1)c1ccccc1O. The van der Waals surface area contributed by atoms with Gasteiger partial charge in [-0.25, -0.2) is 18.1 Å². The molecule has 0 amide bonds. The summed E-state index contributed by atoms with van der Waals surface area (Å²) in [6.45, 7) is 0.111. The zero-order valence-electron chi connectivity index (χ0n) is 8.70. The molecule has 0 aliphatic carbocycles. The molecule has 0 unspecified atom stereocenters. The zero-order chi connectivity index (χ0) is 12.3. The number of nitrogens with one attached hydrogen (secondary N) is 1. The minimum Gasteiger partial charge on any atom is -0.507 e. The van der Waals surface area contributed by atoms with Crippen molar-refractivity contribution in [2.24, 2.45) is 0 Å². The van der Waals surface area contributed by atoms with E-state index in [-0.39, 0.29) is 17.2 Å². The van der Waals surface area contributed by atoms with Crippen LogP contribution in [0.4, 0.5) is 0 Å². The van der Waals surface area contributed by atoms with Crippen LogP contribution in [0.3, 0.4) is 0 Å². The van der Waals surface area contributed by atoms with Gasteiger partial charge < -0.3 is 5.11 Å². The first kappa shape index (κ1) is 12.0. The molecule has 7 heteroatoms. The van der Waals surface area contributed by atoms with Gasteiger partial charge in [-0.1, -0.05) is 12.1 Å². The number of rotatable bonds is 4. The van der Waals surface area contributed by atoms with E-state index in [2.05, 4.69) is 9.71 Å². The molecule has 2 N–H and O–H groups in total. The molecule has 1 aromatic carbocycles. The highest BCUT2D eigenvalue weighted by Crippen LogP contribution is 2.21. The number of phenols is 1. The average molecular weight is 270 g/mol. The summed E-state index contributed by atoms with van der Waals surface area (Å²) in [5.74, 6) is -0.265. The maximum Gasteiger partial charge on any atom is 0.244 e. The van der Waals surface area contributed by atoms with Gasteiger partial charge in [0.25, 0.3) is 0 Å². The average Bonchev–Trinajstić information content (AvgIpc) is 2.80. The Morgan fingerprint density at radius 2 is 2.12 bits per heavy atom. The van der Waals surface area contributed by atoms with Gasteiger partial charge in [-0.3, -0.25) is 0 Å². The lowest BCUT2D eigenvalue weighted by molar-refractivity contribution is 0.458. The second-order valence-electron chi connectivity index (χ2n) is 3.27. The number of hydrogen-bond donors (Lipinski definition) is 2. The summed E-state index contributed by atoms with van der Waals surface area (Å²) < 4.78 is 26.1. The maximum atomic E-state index is 11.9. The Bertz CT molecular complexity index is 594. The number of para-hydroxylation sites is 1. The Balaban J connectivity index is 2.17. The predicted molar refractivity (Wildman–Crippen MR) is 64.2 cm³/mol. The van der Waals surface area contributed by atoms with E-state index in [4.69, 9.17) is 0 Å². The molecule has 1 heterocycles. The van der Waals surface area contributed by atoms with Gasteiger partial charge in [0.1, 0.15) is 10.6 Å². The molecule has 0 radical (unpaired) electrons. The fourth-order valence-electron chi connectivity index (χ4n) is 1.26. The standard InChI is InChI=1S/C10H10N2O3S2/c13-9-3-1-2-4-10(9)17(14,15)12-5-8-6-16-7-11-8/h1-4,6-7,12-13H,5H2. The predicted octanol–water partition coefficient (Wildman–Crippen LogP) is 1.33. The molecule has 5 nitrogen and oxygen atoms in total. The summed E-state index contributed by atoms with van der Waals surface area (Å²) in [5.41, 5.74) is 2.28. The summed E-state index contributed by atoms with van der Waals surface area (Å²) in [6.07, 6.45) is 0. The quantitative estimate of drug-likeness (QED) is 0.878. The molecule has 0 bridgehead atoms. The first-order valence-electron chi connectivity index (χ1n) is 4.74. The number of sulfonamides is 1. The van der Waals surface area contributed by atoms with E-state index >= 15 is 0 Å². The zero-order valence-corrected chi connectivity index (χ0v) is 10.3. The molecule has 0 aliphatic heterocycles. The highest BCUT2D eigenvalue weighted by Gasteiger charge is 2.17. The highest BCUT2D eigenvalue weighted by atomic mass is 32.2. The third-order valence-electron chi connectivity index (χ3n) is 2.08. The van der Waals surface area contributed by atoms with E-state index in [0.717, 1.165) is 0 Å². The normalized spacial score (nSPS) is 11.5. The highest BCUT2D eigenvalue weighted by molar-refractivity contribution is 7.89. The molecular weight excluding hydrogens is 260 g/mol. The molecule has 0 aliphatic rings. The van der Waals surface area contributed by atoms with E-state index in [1.54, 1.807) is 23.0 Å². The second kappa shape index (κ2) is 4.82. The van der Waals surface area contributed by atoms with E-state index in [1.165, 1.54) is 23.5 Å². The number of aromatic nitrogens is 1.